The maximum absolute atomic E-state index is 14.0. The third kappa shape index (κ3) is 6.13. The Bertz CT molecular complexity index is 2250. The van der Waals surface area contributed by atoms with E-state index < -0.39 is 5.97 Å². The molecule has 1 aliphatic heterocycles. The average molecular weight is 680 g/mol. The van der Waals surface area contributed by atoms with Gasteiger partial charge in [0.15, 0.2) is 0 Å². The summed E-state index contributed by atoms with van der Waals surface area (Å²) < 4.78 is 2.18. The number of benzene rings is 1. The largest absolute Gasteiger partial charge is 0.478 e. The molecule has 0 aliphatic carbocycles. The molecule has 4 aromatic heterocycles. The van der Waals surface area contributed by atoms with Crippen LogP contribution in [-0.2, 0) is 6.54 Å². The van der Waals surface area contributed by atoms with E-state index in [9.17, 15) is 20.0 Å². The number of thiophene rings is 1. The van der Waals surface area contributed by atoms with Gasteiger partial charge in [-0.25, -0.2) is 14.8 Å². The highest BCUT2D eigenvalue weighted by molar-refractivity contribution is 7.18. The van der Waals surface area contributed by atoms with E-state index in [1.165, 1.54) is 15.9 Å². The maximum atomic E-state index is 14.0. The summed E-state index contributed by atoms with van der Waals surface area (Å²) in [7, 11) is 1.94. The minimum atomic E-state index is -1.04. The number of anilines is 1. The Morgan fingerprint density at radius 3 is 2.62 bits per heavy atom. The molecule has 1 aromatic carbocycles. The molecule has 0 atom stereocenters. The van der Waals surface area contributed by atoms with Crippen molar-refractivity contribution in [2.24, 2.45) is 0 Å². The third-order valence-electron chi connectivity index (χ3n) is 8.99. The molecule has 12 heteroatoms. The van der Waals surface area contributed by atoms with Crippen molar-refractivity contribution < 1.29 is 9.90 Å². The van der Waals surface area contributed by atoms with Crippen LogP contribution in [0.2, 0.25) is 5.02 Å². The molecule has 0 radical (unpaired) electrons. The lowest BCUT2D eigenvalue weighted by Crippen LogP contribution is -2.50. The number of hydrogen-bond donors (Lipinski definition) is 1. The van der Waals surface area contributed by atoms with Gasteiger partial charge in [-0.05, 0) is 64.8 Å². The molecule has 0 saturated carbocycles. The van der Waals surface area contributed by atoms with Gasteiger partial charge in [-0.15, -0.1) is 11.3 Å². The van der Waals surface area contributed by atoms with Crippen LogP contribution in [-0.4, -0.2) is 67.2 Å². The fourth-order valence-corrected chi connectivity index (χ4v) is 7.52. The highest BCUT2D eigenvalue weighted by Crippen LogP contribution is 2.36. The maximum Gasteiger partial charge on any atom is 0.338 e. The summed E-state index contributed by atoms with van der Waals surface area (Å²) in [6, 6.07) is 9.57. The molecule has 0 bridgehead atoms. The lowest BCUT2D eigenvalue weighted by Gasteiger charge is -2.43. The monoisotopic (exact) mass is 679 g/mol. The predicted octanol–water partition coefficient (Wildman–Crippen LogP) is 6.35. The van der Waals surface area contributed by atoms with Crippen molar-refractivity contribution in [1.29, 1.82) is 5.26 Å². The highest BCUT2D eigenvalue weighted by Gasteiger charge is 2.30. The number of aromatic carboxylic acids is 1. The zero-order chi connectivity index (χ0) is 34.3. The van der Waals surface area contributed by atoms with Crippen LogP contribution >= 0.6 is 22.9 Å². The topological polar surface area (TPSA) is 128 Å². The normalized spacial score (nSPS) is 14.1. The zero-order valence-corrected chi connectivity index (χ0v) is 28.9. The van der Waals surface area contributed by atoms with E-state index in [0.29, 0.717) is 38.0 Å². The number of hydrogen-bond acceptors (Lipinski definition) is 9. The Morgan fingerprint density at radius 1 is 1.19 bits per heavy atom. The standard InChI is InChI=1S/C36H34ClN7O3S/c1-21-41-29-19-40-33(42(5)24-11-15-43(16-12-24)36(2,3)4)27(18-38)30(29)34(45)44(21)14-6-7-22-8-9-23(37)17-26(22)25-10-13-39-31-28(35(46)47)20-48-32(25)31/h8-10,13,17,19-20,24H,11-12,14-16H2,1-5H3,(H,46,47). The van der Waals surface area contributed by atoms with Crippen LogP contribution in [0.3, 0.4) is 0 Å². The number of rotatable bonds is 5. The van der Waals surface area contributed by atoms with Crippen LogP contribution in [0.1, 0.15) is 60.9 Å². The smallest absolute Gasteiger partial charge is 0.338 e. The number of aromatic nitrogens is 4. The van der Waals surface area contributed by atoms with Crippen molar-refractivity contribution in [2.75, 3.05) is 25.0 Å². The summed E-state index contributed by atoms with van der Waals surface area (Å²) in [5, 5.41) is 22.2. The number of carbonyl (C=O) groups is 1. The number of carboxylic acids is 1. The van der Waals surface area contributed by atoms with E-state index in [-0.39, 0.29) is 40.2 Å². The van der Waals surface area contributed by atoms with Gasteiger partial charge in [0.1, 0.15) is 23.3 Å². The Hall–Kier alpha value is -4.81. The first-order valence-electron chi connectivity index (χ1n) is 15.6. The van der Waals surface area contributed by atoms with Crippen molar-refractivity contribution in [3.63, 3.8) is 0 Å². The summed E-state index contributed by atoms with van der Waals surface area (Å²) in [4.78, 5) is 43.8. The van der Waals surface area contributed by atoms with Crippen molar-refractivity contribution in [1.82, 2.24) is 24.4 Å². The van der Waals surface area contributed by atoms with Crippen molar-refractivity contribution in [3.05, 3.63) is 79.9 Å². The molecule has 0 spiro atoms. The number of fused-ring (bicyclic) bond motifs is 2. The van der Waals surface area contributed by atoms with Gasteiger partial charge in [0.2, 0.25) is 0 Å². The summed E-state index contributed by atoms with van der Waals surface area (Å²) in [6.07, 6.45) is 5.00. The second-order valence-corrected chi connectivity index (χ2v) is 14.2. The van der Waals surface area contributed by atoms with Gasteiger partial charge in [0, 0.05) is 65.0 Å². The van der Waals surface area contributed by atoms with Crippen LogP contribution in [0, 0.1) is 30.1 Å². The highest BCUT2D eigenvalue weighted by atomic mass is 35.5. The van der Waals surface area contributed by atoms with Crippen LogP contribution in [0.5, 0.6) is 0 Å². The fourth-order valence-electron chi connectivity index (χ4n) is 6.32. The van der Waals surface area contributed by atoms with Gasteiger partial charge in [-0.1, -0.05) is 23.4 Å². The summed E-state index contributed by atoms with van der Waals surface area (Å²) in [6.45, 7) is 10.3. The van der Waals surface area contributed by atoms with Gasteiger partial charge in [-0.2, -0.15) is 5.26 Å². The molecule has 6 rings (SSSR count). The average Bonchev–Trinajstić information content (AvgIpc) is 3.50. The minimum Gasteiger partial charge on any atom is -0.478 e. The van der Waals surface area contributed by atoms with Gasteiger partial charge in [-0.3, -0.25) is 19.2 Å². The summed E-state index contributed by atoms with van der Waals surface area (Å²) >= 11 is 7.69. The number of pyridine rings is 2. The van der Waals surface area contributed by atoms with Crippen LogP contribution in [0.4, 0.5) is 5.82 Å². The van der Waals surface area contributed by atoms with E-state index in [1.807, 2.05) is 18.0 Å². The molecule has 1 aliphatic rings. The SMILES string of the molecule is Cc1nc2cnc(N(C)C3CCN(C(C)(C)C)CC3)c(C#N)c2c(=O)n1CC#Cc1ccc(Cl)cc1-c1ccnc2c(C(=O)O)csc12. The number of nitriles is 1. The Morgan fingerprint density at radius 2 is 1.94 bits per heavy atom. The first-order valence-corrected chi connectivity index (χ1v) is 16.8. The number of aryl methyl sites for hydroxylation is 1. The fraction of sp³-hybridized carbons (Fsp3) is 0.333. The molecule has 0 amide bonds. The second kappa shape index (κ2) is 13.0. The molecule has 0 unspecified atom stereocenters. The van der Waals surface area contributed by atoms with Crippen molar-refractivity contribution in [2.45, 2.75) is 58.7 Å². The van der Waals surface area contributed by atoms with E-state index >= 15 is 0 Å². The number of halogens is 1. The molecule has 1 N–H and O–H groups in total. The lowest BCUT2D eigenvalue weighted by atomic mass is 9.97. The van der Waals surface area contributed by atoms with E-state index in [1.54, 1.807) is 42.9 Å². The van der Waals surface area contributed by atoms with Crippen LogP contribution in [0.15, 0.2) is 46.8 Å². The molecule has 244 valence electrons. The number of likely N-dealkylation sites (tertiary alicyclic amines) is 1. The molecule has 48 heavy (non-hydrogen) atoms. The summed E-state index contributed by atoms with van der Waals surface area (Å²) in [5.74, 6) is 6.19. The zero-order valence-electron chi connectivity index (χ0n) is 27.3. The number of nitrogens with zero attached hydrogens (tertiary/aromatic N) is 7. The number of carboxylic acid groups (broad SMARTS) is 1. The Labute approximate surface area is 287 Å². The second-order valence-electron chi connectivity index (χ2n) is 12.9. The van der Waals surface area contributed by atoms with Gasteiger partial charge < -0.3 is 10.0 Å². The van der Waals surface area contributed by atoms with Crippen molar-refractivity contribution in [3.8, 4) is 29.0 Å². The molecule has 1 saturated heterocycles. The van der Waals surface area contributed by atoms with Crippen LogP contribution in [0.25, 0.3) is 32.2 Å². The third-order valence-corrected chi connectivity index (χ3v) is 10.2. The van der Waals surface area contributed by atoms with Gasteiger partial charge >= 0.3 is 5.97 Å². The first-order chi connectivity index (χ1) is 22.9. The quantitative estimate of drug-likeness (QED) is 0.211. The van der Waals surface area contributed by atoms with Gasteiger partial charge in [0.25, 0.3) is 5.56 Å². The molecular weight excluding hydrogens is 646 g/mol. The molecule has 1 fully saturated rings. The van der Waals surface area contributed by atoms with E-state index in [0.717, 1.165) is 37.1 Å². The summed E-state index contributed by atoms with van der Waals surface area (Å²) in [5.41, 5.74) is 3.00. The van der Waals surface area contributed by atoms with Gasteiger partial charge in [0.05, 0.1) is 39.4 Å². The molecule has 10 nitrogen and oxygen atoms in total. The number of piperidine rings is 1. The van der Waals surface area contributed by atoms with E-state index in [4.69, 9.17) is 11.6 Å². The Balaban J connectivity index is 1.35. The van der Waals surface area contributed by atoms with E-state index in [2.05, 4.69) is 58.5 Å². The van der Waals surface area contributed by atoms with Crippen molar-refractivity contribution >= 4 is 55.8 Å². The van der Waals surface area contributed by atoms with Crippen LogP contribution < -0.4 is 10.5 Å². The predicted molar refractivity (Wildman–Crippen MR) is 190 cm³/mol. The molecule has 5 aromatic rings. The Kier molecular flexibility index (Phi) is 8.97. The molecule has 5 heterocycles. The molecular formula is C36H34ClN7O3S. The minimum absolute atomic E-state index is 0.0349. The lowest BCUT2D eigenvalue weighted by molar-refractivity contribution is 0.0699. The first kappa shape index (κ1) is 33.1.